The summed E-state index contributed by atoms with van der Waals surface area (Å²) in [6.07, 6.45) is 3.71. The number of hydrogen-bond acceptors (Lipinski definition) is 4. The molecule has 1 fully saturated rings. The lowest BCUT2D eigenvalue weighted by molar-refractivity contribution is -0.116. The maximum Gasteiger partial charge on any atom is 0.226 e. The molecule has 2 atom stereocenters. The highest BCUT2D eigenvalue weighted by Crippen LogP contribution is 2.38. The predicted octanol–water partition coefficient (Wildman–Crippen LogP) is 3.68. The third-order valence-corrected chi connectivity index (χ3v) is 5.02. The number of aromatic nitrogens is 1. The van der Waals surface area contributed by atoms with Crippen molar-refractivity contribution in [2.45, 2.75) is 18.5 Å². The van der Waals surface area contributed by atoms with Crippen molar-refractivity contribution in [3.8, 4) is 0 Å². The predicted molar refractivity (Wildman–Crippen MR) is 111 cm³/mol. The standard InChI is InChI=1S/C21H20N4O2S/c26-18(23-15-7-2-1-3-8-15)11-13-25-20(17-10-6-14-27-17)19(24-21(25)28)16-9-4-5-12-22-16/h1-10,12,14,19-20H,11,13H2,(H,23,26)(H,24,28)/t19-,20-/m0/s1. The summed E-state index contributed by atoms with van der Waals surface area (Å²) in [6, 6.07) is 18.7. The molecule has 6 nitrogen and oxygen atoms in total. The Morgan fingerprint density at radius 3 is 2.68 bits per heavy atom. The number of carbonyl (C=O) groups excluding carboxylic acids is 1. The van der Waals surface area contributed by atoms with Crippen molar-refractivity contribution in [3.05, 3.63) is 84.6 Å². The molecule has 1 aliphatic rings. The number of rotatable bonds is 6. The zero-order chi connectivity index (χ0) is 19.3. The van der Waals surface area contributed by atoms with E-state index >= 15 is 0 Å². The van der Waals surface area contributed by atoms with E-state index in [1.165, 1.54) is 0 Å². The highest BCUT2D eigenvalue weighted by Gasteiger charge is 2.41. The zero-order valence-electron chi connectivity index (χ0n) is 15.1. The highest BCUT2D eigenvalue weighted by molar-refractivity contribution is 7.80. The molecule has 142 valence electrons. The van der Waals surface area contributed by atoms with Gasteiger partial charge in [0.15, 0.2) is 5.11 Å². The summed E-state index contributed by atoms with van der Waals surface area (Å²) >= 11 is 5.56. The van der Waals surface area contributed by atoms with Gasteiger partial charge in [0.1, 0.15) is 11.8 Å². The second kappa shape index (κ2) is 8.22. The number of thiocarbonyl (C=S) groups is 1. The van der Waals surface area contributed by atoms with Crippen LogP contribution in [-0.2, 0) is 4.79 Å². The van der Waals surface area contributed by atoms with Crippen molar-refractivity contribution < 1.29 is 9.21 Å². The van der Waals surface area contributed by atoms with E-state index in [1.54, 1.807) is 12.5 Å². The quantitative estimate of drug-likeness (QED) is 0.624. The SMILES string of the molecule is O=C(CCN1C(=S)N[C@@H](c2ccccn2)[C@@H]1c1ccco1)Nc1ccccc1. The maximum absolute atomic E-state index is 12.4. The largest absolute Gasteiger partial charge is 0.467 e. The molecule has 0 saturated carbocycles. The molecule has 3 aromatic rings. The topological polar surface area (TPSA) is 70.4 Å². The molecule has 0 unspecified atom stereocenters. The normalized spacial score (nSPS) is 18.7. The third kappa shape index (κ3) is 3.89. The molecule has 1 aromatic carbocycles. The van der Waals surface area contributed by atoms with Crippen LogP contribution < -0.4 is 10.6 Å². The maximum atomic E-state index is 12.4. The number of nitrogens with one attached hydrogen (secondary N) is 2. The van der Waals surface area contributed by atoms with Gasteiger partial charge >= 0.3 is 0 Å². The molecule has 4 rings (SSSR count). The van der Waals surface area contributed by atoms with Gasteiger partial charge in [0.05, 0.1) is 18.0 Å². The number of anilines is 1. The Balaban J connectivity index is 1.50. The van der Waals surface area contributed by atoms with Gasteiger partial charge in [-0.05, 0) is 48.6 Å². The molecule has 3 heterocycles. The Bertz CT molecular complexity index is 932. The molecule has 0 aliphatic carbocycles. The van der Waals surface area contributed by atoms with Crippen LogP contribution in [0.5, 0.6) is 0 Å². The lowest BCUT2D eigenvalue weighted by atomic mass is 10.0. The molecule has 1 aliphatic heterocycles. The monoisotopic (exact) mass is 392 g/mol. The van der Waals surface area contributed by atoms with Crippen LogP contribution in [0, 0.1) is 0 Å². The average Bonchev–Trinajstić information content (AvgIpc) is 3.35. The minimum atomic E-state index is -0.165. The van der Waals surface area contributed by atoms with Crippen LogP contribution in [0.4, 0.5) is 5.69 Å². The van der Waals surface area contributed by atoms with Crippen LogP contribution in [-0.4, -0.2) is 27.4 Å². The van der Waals surface area contributed by atoms with Crippen molar-refractivity contribution >= 4 is 28.9 Å². The molecule has 0 bridgehead atoms. The van der Waals surface area contributed by atoms with Gasteiger partial charge in [-0.2, -0.15) is 0 Å². The molecule has 1 saturated heterocycles. The second-order valence-electron chi connectivity index (χ2n) is 6.50. The first-order valence-corrected chi connectivity index (χ1v) is 9.49. The van der Waals surface area contributed by atoms with Gasteiger partial charge in [-0.15, -0.1) is 0 Å². The van der Waals surface area contributed by atoms with Gasteiger partial charge in [0.25, 0.3) is 0 Å². The van der Waals surface area contributed by atoms with Crippen LogP contribution in [0.2, 0.25) is 0 Å². The molecule has 7 heteroatoms. The summed E-state index contributed by atoms with van der Waals surface area (Å²) in [4.78, 5) is 18.9. The van der Waals surface area contributed by atoms with Crippen LogP contribution in [0.25, 0.3) is 0 Å². The lowest BCUT2D eigenvalue weighted by Crippen LogP contribution is -2.32. The number of para-hydroxylation sites is 1. The number of amides is 1. The first-order chi connectivity index (χ1) is 13.7. The van der Waals surface area contributed by atoms with Crippen molar-refractivity contribution in [1.82, 2.24) is 15.2 Å². The van der Waals surface area contributed by atoms with Crippen LogP contribution >= 0.6 is 12.2 Å². The van der Waals surface area contributed by atoms with Crippen molar-refractivity contribution in [2.75, 3.05) is 11.9 Å². The van der Waals surface area contributed by atoms with Crippen molar-refractivity contribution in [1.29, 1.82) is 0 Å². The van der Waals surface area contributed by atoms with Gasteiger partial charge in [-0.25, -0.2) is 0 Å². The molecular formula is C21H20N4O2S. The minimum absolute atomic E-state index is 0.0616. The Morgan fingerprint density at radius 1 is 1.14 bits per heavy atom. The number of carbonyl (C=O) groups is 1. The third-order valence-electron chi connectivity index (χ3n) is 4.67. The summed E-state index contributed by atoms with van der Waals surface area (Å²) in [7, 11) is 0. The fraction of sp³-hybridized carbons (Fsp3) is 0.190. The fourth-order valence-electron chi connectivity index (χ4n) is 3.38. The van der Waals surface area contributed by atoms with E-state index in [-0.39, 0.29) is 18.0 Å². The number of benzene rings is 1. The van der Waals surface area contributed by atoms with E-state index in [2.05, 4.69) is 15.6 Å². The molecule has 0 spiro atoms. The fourth-order valence-corrected chi connectivity index (χ4v) is 3.71. The highest BCUT2D eigenvalue weighted by atomic mass is 32.1. The van der Waals surface area contributed by atoms with Crippen LogP contribution in [0.3, 0.4) is 0 Å². The summed E-state index contributed by atoms with van der Waals surface area (Å²) in [6.45, 7) is 0.471. The van der Waals surface area contributed by atoms with E-state index in [0.29, 0.717) is 18.1 Å². The summed E-state index contributed by atoms with van der Waals surface area (Å²) in [5.74, 6) is 0.722. The Hall–Kier alpha value is -3.19. The van der Waals surface area contributed by atoms with Crippen molar-refractivity contribution in [3.63, 3.8) is 0 Å². The molecule has 1 amide bonds. The van der Waals surface area contributed by atoms with E-state index in [1.807, 2.05) is 65.6 Å². The molecule has 28 heavy (non-hydrogen) atoms. The smallest absolute Gasteiger partial charge is 0.226 e. The van der Waals surface area contributed by atoms with Crippen LogP contribution in [0.1, 0.15) is 30.0 Å². The van der Waals surface area contributed by atoms with Gasteiger partial charge < -0.3 is 20.0 Å². The average molecular weight is 392 g/mol. The number of furan rings is 1. The minimum Gasteiger partial charge on any atom is -0.467 e. The van der Waals surface area contributed by atoms with Gasteiger partial charge in [0, 0.05) is 24.8 Å². The van der Waals surface area contributed by atoms with Crippen LogP contribution in [0.15, 0.2) is 77.5 Å². The Labute approximate surface area is 168 Å². The van der Waals surface area contributed by atoms with Crippen molar-refractivity contribution in [2.24, 2.45) is 0 Å². The summed E-state index contributed by atoms with van der Waals surface area (Å²) in [5, 5.41) is 6.83. The number of nitrogens with zero attached hydrogens (tertiary/aromatic N) is 2. The van der Waals surface area contributed by atoms with E-state index < -0.39 is 0 Å². The molecule has 0 radical (unpaired) electrons. The summed E-state index contributed by atoms with van der Waals surface area (Å²) in [5.41, 5.74) is 1.66. The van der Waals surface area contributed by atoms with Gasteiger partial charge in [-0.1, -0.05) is 24.3 Å². The zero-order valence-corrected chi connectivity index (χ0v) is 15.9. The molecule has 2 N–H and O–H groups in total. The van der Waals surface area contributed by atoms with E-state index in [4.69, 9.17) is 16.6 Å². The first-order valence-electron chi connectivity index (χ1n) is 9.09. The Morgan fingerprint density at radius 2 is 1.96 bits per heavy atom. The Kier molecular flexibility index (Phi) is 5.34. The molecular weight excluding hydrogens is 372 g/mol. The first kappa shape index (κ1) is 18.2. The van der Waals surface area contributed by atoms with E-state index in [9.17, 15) is 4.79 Å². The second-order valence-corrected chi connectivity index (χ2v) is 6.89. The van der Waals surface area contributed by atoms with Gasteiger partial charge in [0.2, 0.25) is 5.91 Å². The van der Waals surface area contributed by atoms with E-state index in [0.717, 1.165) is 17.1 Å². The summed E-state index contributed by atoms with van der Waals surface area (Å²) < 4.78 is 5.68. The van der Waals surface area contributed by atoms with Gasteiger partial charge in [-0.3, -0.25) is 9.78 Å². The molecule has 2 aromatic heterocycles. The lowest BCUT2D eigenvalue weighted by Gasteiger charge is -2.25. The number of hydrogen-bond donors (Lipinski definition) is 2. The number of pyridine rings is 1.